The second-order valence-electron chi connectivity index (χ2n) is 6.80. The predicted octanol–water partition coefficient (Wildman–Crippen LogP) is 0.541. The molecule has 9 nitrogen and oxygen atoms in total. The maximum absolute atomic E-state index is 12.7. The molecule has 0 radical (unpaired) electrons. The van der Waals surface area contributed by atoms with Gasteiger partial charge in [0.15, 0.2) is 0 Å². The van der Waals surface area contributed by atoms with E-state index in [1.807, 2.05) is 11.8 Å². The minimum Gasteiger partial charge on any atom is -0.283 e. The Morgan fingerprint density at radius 2 is 1.50 bits per heavy atom. The average molecular weight is 408 g/mol. The molecule has 2 aliphatic rings. The van der Waals surface area contributed by atoms with E-state index in [2.05, 4.69) is 0 Å². The number of unbranched alkanes of at least 4 members (excludes halogenated alkanes) is 1. The summed E-state index contributed by atoms with van der Waals surface area (Å²) < 4.78 is 26.7. The van der Waals surface area contributed by atoms with Crippen LogP contribution in [0, 0.1) is 0 Å². The molecule has 0 aromatic heterocycles. The Kier molecular flexibility index (Phi) is 6.11. The van der Waals surface area contributed by atoms with Crippen LogP contribution in [0.1, 0.15) is 19.8 Å². The summed E-state index contributed by atoms with van der Waals surface area (Å²) in [5.74, 6) is -1.61. The third-order valence-electron chi connectivity index (χ3n) is 4.92. The van der Waals surface area contributed by atoms with Gasteiger partial charge in [-0.2, -0.15) is 4.31 Å². The summed E-state index contributed by atoms with van der Waals surface area (Å²) in [5.41, 5.74) is 0. The van der Waals surface area contributed by atoms with Crippen molar-refractivity contribution in [1.29, 1.82) is 0 Å². The Balaban J connectivity index is 1.59. The minimum absolute atomic E-state index is 0.00867. The maximum atomic E-state index is 12.7. The van der Waals surface area contributed by atoms with E-state index in [0.29, 0.717) is 19.5 Å². The smallest absolute Gasteiger partial charge is 0.283 e. The summed E-state index contributed by atoms with van der Waals surface area (Å²) in [7, 11) is -3.57. The van der Waals surface area contributed by atoms with Crippen LogP contribution in [-0.4, -0.2) is 84.7 Å². The number of amides is 4. The number of carbonyl (C=O) groups excluding carboxylic acids is 3. The zero-order chi connectivity index (χ0) is 20.3. The van der Waals surface area contributed by atoms with Crippen molar-refractivity contribution in [3.05, 3.63) is 30.3 Å². The van der Waals surface area contributed by atoms with E-state index in [4.69, 9.17) is 0 Å². The fraction of sp³-hybridized carbons (Fsp3) is 0.500. The molecule has 2 aliphatic heterocycles. The van der Waals surface area contributed by atoms with Gasteiger partial charge >= 0.3 is 17.8 Å². The summed E-state index contributed by atoms with van der Waals surface area (Å²) in [6.07, 6.45) is 1.46. The maximum Gasteiger partial charge on any atom is 0.335 e. The van der Waals surface area contributed by atoms with E-state index in [1.165, 1.54) is 4.31 Å². The normalized spacial score (nSPS) is 19.7. The molecule has 2 heterocycles. The fourth-order valence-corrected chi connectivity index (χ4v) is 4.68. The van der Waals surface area contributed by atoms with Crippen molar-refractivity contribution < 1.29 is 22.8 Å². The molecule has 4 amide bonds. The second-order valence-corrected chi connectivity index (χ2v) is 8.74. The van der Waals surface area contributed by atoms with Gasteiger partial charge in [0, 0.05) is 32.7 Å². The van der Waals surface area contributed by atoms with Gasteiger partial charge in [0.1, 0.15) is 0 Å². The van der Waals surface area contributed by atoms with E-state index < -0.39 is 27.9 Å². The lowest BCUT2D eigenvalue weighted by Gasteiger charge is -2.35. The highest BCUT2D eigenvalue weighted by Gasteiger charge is 2.44. The number of carbonyl (C=O) groups is 3. The van der Waals surface area contributed by atoms with Gasteiger partial charge in [0.2, 0.25) is 10.0 Å². The van der Waals surface area contributed by atoms with Crippen molar-refractivity contribution in [1.82, 2.24) is 19.0 Å². The first kappa shape index (κ1) is 20.4. The van der Waals surface area contributed by atoms with Crippen LogP contribution in [0.15, 0.2) is 35.2 Å². The predicted molar refractivity (Wildman–Crippen MR) is 101 cm³/mol. The van der Waals surface area contributed by atoms with Crippen LogP contribution < -0.4 is 0 Å². The van der Waals surface area contributed by atoms with Crippen molar-refractivity contribution in [3.8, 4) is 0 Å². The second kappa shape index (κ2) is 8.38. The van der Waals surface area contributed by atoms with Crippen molar-refractivity contribution in [2.45, 2.75) is 24.7 Å². The molecule has 152 valence electrons. The number of imide groups is 2. The molecule has 1 aromatic carbocycles. The molecule has 0 aliphatic carbocycles. The number of rotatable bonds is 7. The molecule has 0 saturated carbocycles. The zero-order valence-corrected chi connectivity index (χ0v) is 16.6. The largest absolute Gasteiger partial charge is 0.335 e. The molecule has 2 saturated heterocycles. The highest BCUT2D eigenvalue weighted by molar-refractivity contribution is 7.89. The van der Waals surface area contributed by atoms with Gasteiger partial charge in [0.25, 0.3) is 0 Å². The molecule has 0 unspecified atom stereocenters. The Morgan fingerprint density at radius 3 is 2.11 bits per heavy atom. The van der Waals surface area contributed by atoms with Gasteiger partial charge in [-0.3, -0.25) is 19.4 Å². The molecule has 1 aromatic rings. The van der Waals surface area contributed by atoms with Crippen molar-refractivity contribution in [3.63, 3.8) is 0 Å². The summed E-state index contributed by atoms with van der Waals surface area (Å²) in [4.78, 5) is 40.5. The van der Waals surface area contributed by atoms with Gasteiger partial charge in [0.05, 0.1) is 11.6 Å². The van der Waals surface area contributed by atoms with Gasteiger partial charge < -0.3 is 0 Å². The standard InChI is InChI=1S/C18H24N4O5S/c1-2-3-9-21-16(23)17(24)22(18(21)25)14-19-10-12-20(13-11-19)28(26,27)15-7-5-4-6-8-15/h4-8H,2-3,9-14H2,1H3. The van der Waals surface area contributed by atoms with E-state index in [9.17, 15) is 22.8 Å². The van der Waals surface area contributed by atoms with Gasteiger partial charge in [-0.25, -0.2) is 18.1 Å². The Morgan fingerprint density at radius 1 is 0.893 bits per heavy atom. The van der Waals surface area contributed by atoms with Crippen molar-refractivity contribution >= 4 is 27.9 Å². The summed E-state index contributed by atoms with van der Waals surface area (Å²) >= 11 is 0. The minimum atomic E-state index is -3.57. The molecule has 3 rings (SSSR count). The van der Waals surface area contributed by atoms with Crippen LogP contribution in [0.4, 0.5) is 4.79 Å². The van der Waals surface area contributed by atoms with Crippen LogP contribution in [0.25, 0.3) is 0 Å². The first-order valence-corrected chi connectivity index (χ1v) is 10.7. The number of piperazine rings is 1. The lowest BCUT2D eigenvalue weighted by atomic mass is 10.3. The highest BCUT2D eigenvalue weighted by atomic mass is 32.2. The molecule has 0 spiro atoms. The summed E-state index contributed by atoms with van der Waals surface area (Å²) in [5, 5.41) is 0. The summed E-state index contributed by atoms with van der Waals surface area (Å²) in [6, 6.07) is 7.62. The van der Waals surface area contributed by atoms with E-state index >= 15 is 0 Å². The van der Waals surface area contributed by atoms with Crippen molar-refractivity contribution in [2.24, 2.45) is 0 Å². The SMILES string of the molecule is CCCCN1C(=O)C(=O)N(CN2CCN(S(=O)(=O)c3ccccc3)CC2)C1=O. The molecular weight excluding hydrogens is 384 g/mol. The van der Waals surface area contributed by atoms with Crippen LogP contribution in [0.3, 0.4) is 0 Å². The molecule has 0 bridgehead atoms. The average Bonchev–Trinajstić information content (AvgIpc) is 2.91. The third kappa shape index (κ3) is 3.94. The summed E-state index contributed by atoms with van der Waals surface area (Å²) in [6.45, 7) is 3.40. The van der Waals surface area contributed by atoms with E-state index in [0.717, 1.165) is 16.2 Å². The number of hydrogen-bond acceptors (Lipinski definition) is 6. The zero-order valence-electron chi connectivity index (χ0n) is 15.8. The monoisotopic (exact) mass is 408 g/mol. The van der Waals surface area contributed by atoms with Crippen LogP contribution in [-0.2, 0) is 19.6 Å². The molecule has 0 N–H and O–H groups in total. The van der Waals surface area contributed by atoms with Crippen LogP contribution >= 0.6 is 0 Å². The topological polar surface area (TPSA) is 98.3 Å². The van der Waals surface area contributed by atoms with Gasteiger partial charge in [-0.05, 0) is 18.6 Å². The number of hydrogen-bond donors (Lipinski definition) is 0. The molecule has 10 heteroatoms. The first-order chi connectivity index (χ1) is 13.4. The Labute approximate surface area is 164 Å². The third-order valence-corrected chi connectivity index (χ3v) is 6.84. The van der Waals surface area contributed by atoms with E-state index in [1.54, 1.807) is 30.3 Å². The Hall–Kier alpha value is -2.30. The number of urea groups is 1. The number of nitrogens with zero attached hydrogens (tertiary/aromatic N) is 4. The number of benzene rings is 1. The fourth-order valence-electron chi connectivity index (χ4n) is 3.24. The molecule has 28 heavy (non-hydrogen) atoms. The van der Waals surface area contributed by atoms with Crippen LogP contribution in [0.5, 0.6) is 0 Å². The van der Waals surface area contributed by atoms with Crippen LogP contribution in [0.2, 0.25) is 0 Å². The number of sulfonamides is 1. The van der Waals surface area contributed by atoms with E-state index in [-0.39, 0.29) is 31.2 Å². The molecule has 2 fully saturated rings. The quantitative estimate of drug-likeness (QED) is 0.482. The molecular formula is C18H24N4O5S. The van der Waals surface area contributed by atoms with Gasteiger partial charge in [-0.1, -0.05) is 31.5 Å². The Bertz CT molecular complexity index is 850. The highest BCUT2D eigenvalue weighted by Crippen LogP contribution is 2.19. The lowest BCUT2D eigenvalue weighted by Crippen LogP contribution is -2.52. The first-order valence-electron chi connectivity index (χ1n) is 9.31. The van der Waals surface area contributed by atoms with Crippen molar-refractivity contribution in [2.75, 3.05) is 39.4 Å². The van der Waals surface area contributed by atoms with Gasteiger partial charge in [-0.15, -0.1) is 0 Å². The lowest BCUT2D eigenvalue weighted by molar-refractivity contribution is -0.144. The molecule has 0 atom stereocenters.